The van der Waals surface area contributed by atoms with Crippen molar-refractivity contribution in [2.24, 2.45) is 23.7 Å². The number of rotatable bonds is 2. The van der Waals surface area contributed by atoms with E-state index < -0.39 is 0 Å². The lowest BCUT2D eigenvalue weighted by Crippen LogP contribution is -2.43. The smallest absolute Gasteiger partial charge is 0.0105 e. The molecule has 0 aliphatic heterocycles. The van der Waals surface area contributed by atoms with Crippen LogP contribution in [0, 0.1) is 23.7 Å². The molecule has 0 amide bonds. The number of hydrogen-bond donors (Lipinski definition) is 0. The summed E-state index contributed by atoms with van der Waals surface area (Å²) in [4.78, 5) is 0. The first-order valence-corrected chi connectivity index (χ1v) is 9.02. The van der Waals surface area contributed by atoms with Crippen LogP contribution in [0.2, 0.25) is 0 Å². The fourth-order valence-corrected chi connectivity index (χ4v) is 6.03. The van der Waals surface area contributed by atoms with Gasteiger partial charge in [0.2, 0.25) is 0 Å². The molecule has 4 aliphatic rings. The molecule has 112 valence electrons. The minimum Gasteiger partial charge on any atom is -0.0622 e. The topological polar surface area (TPSA) is 0 Å². The largest absolute Gasteiger partial charge is 0.0622 e. The van der Waals surface area contributed by atoms with Crippen LogP contribution in [0.1, 0.15) is 43.6 Å². The van der Waals surface area contributed by atoms with Crippen molar-refractivity contribution in [1.29, 1.82) is 0 Å². The van der Waals surface area contributed by atoms with E-state index >= 15 is 0 Å². The summed E-state index contributed by atoms with van der Waals surface area (Å²) >= 11 is 0. The zero-order valence-corrected chi connectivity index (χ0v) is 13.1. The molecule has 0 unspecified atom stereocenters. The lowest BCUT2D eigenvalue weighted by Gasteiger charge is -2.54. The van der Waals surface area contributed by atoms with Crippen molar-refractivity contribution in [3.05, 3.63) is 60.2 Å². The average molecular weight is 288 g/mol. The van der Waals surface area contributed by atoms with Gasteiger partial charge < -0.3 is 0 Å². The maximum Gasteiger partial charge on any atom is -0.0105 e. The van der Waals surface area contributed by atoms with E-state index in [1.165, 1.54) is 36.8 Å². The molecule has 0 saturated heterocycles. The minimum atomic E-state index is 0.844. The Morgan fingerprint density at radius 3 is 1.91 bits per heavy atom. The van der Waals surface area contributed by atoms with Crippen molar-refractivity contribution in [3.63, 3.8) is 0 Å². The highest BCUT2D eigenvalue weighted by Crippen LogP contribution is 2.59. The Morgan fingerprint density at radius 2 is 1.23 bits per heavy atom. The van der Waals surface area contributed by atoms with Crippen LogP contribution in [0.4, 0.5) is 0 Å². The van der Waals surface area contributed by atoms with Gasteiger partial charge in [0.1, 0.15) is 0 Å². The number of hydrogen-bond acceptors (Lipinski definition) is 0. The van der Waals surface area contributed by atoms with Crippen molar-refractivity contribution in [2.75, 3.05) is 0 Å². The van der Waals surface area contributed by atoms with E-state index in [1.54, 1.807) is 12.0 Å². The Labute approximate surface area is 133 Å². The first kappa shape index (κ1) is 12.9. The summed E-state index contributed by atoms with van der Waals surface area (Å²) in [5, 5.41) is 0. The maximum absolute atomic E-state index is 2.49. The quantitative estimate of drug-likeness (QED) is 0.646. The molecule has 0 aromatic heterocycles. The van der Waals surface area contributed by atoms with Crippen molar-refractivity contribution >= 4 is 0 Å². The van der Waals surface area contributed by atoms with E-state index in [4.69, 9.17) is 0 Å². The van der Waals surface area contributed by atoms with Crippen molar-refractivity contribution in [1.82, 2.24) is 0 Å². The summed E-state index contributed by atoms with van der Waals surface area (Å²) < 4.78 is 0. The summed E-state index contributed by atoms with van der Waals surface area (Å²) in [6.45, 7) is 0. The predicted molar refractivity (Wildman–Crippen MR) is 91.7 cm³/mol. The zero-order valence-electron chi connectivity index (χ0n) is 13.1. The molecular weight excluding hydrogens is 264 g/mol. The second kappa shape index (κ2) is 4.98. The molecule has 2 aromatic rings. The molecule has 0 N–H and O–H groups in total. The highest BCUT2D eigenvalue weighted by molar-refractivity contribution is 5.64. The minimum absolute atomic E-state index is 0.844. The molecule has 0 atom stereocenters. The zero-order chi connectivity index (χ0) is 14.5. The fourth-order valence-electron chi connectivity index (χ4n) is 6.03. The number of benzene rings is 2. The van der Waals surface area contributed by atoms with E-state index in [2.05, 4.69) is 54.6 Å². The van der Waals surface area contributed by atoms with Gasteiger partial charge in [-0.05, 0) is 78.4 Å². The molecule has 4 fully saturated rings. The highest BCUT2D eigenvalue weighted by Gasteiger charge is 2.48. The van der Waals surface area contributed by atoms with Crippen LogP contribution in [0.3, 0.4) is 0 Å². The summed E-state index contributed by atoms with van der Waals surface area (Å²) in [5.41, 5.74) is 4.37. The second-order valence-electron chi connectivity index (χ2n) is 7.95. The lowest BCUT2D eigenvalue weighted by atomic mass is 9.50. The Kier molecular flexibility index (Phi) is 2.93. The van der Waals surface area contributed by atoms with Gasteiger partial charge in [0.05, 0.1) is 0 Å². The summed E-state index contributed by atoms with van der Waals surface area (Å²) in [7, 11) is 0. The predicted octanol–water partition coefficient (Wildman–Crippen LogP) is 5.89. The van der Waals surface area contributed by atoms with Gasteiger partial charge in [0, 0.05) is 0 Å². The molecule has 4 bridgehead atoms. The Hall–Kier alpha value is -1.56. The van der Waals surface area contributed by atoms with Gasteiger partial charge >= 0.3 is 0 Å². The molecule has 0 heterocycles. The van der Waals surface area contributed by atoms with Crippen LogP contribution < -0.4 is 0 Å². The van der Waals surface area contributed by atoms with Crippen molar-refractivity contribution in [3.8, 4) is 11.1 Å². The SMILES string of the molecule is c1ccc(-c2cccc(C3C4CC5CC(C4)CC3C5)c2)cc1. The molecule has 22 heavy (non-hydrogen) atoms. The van der Waals surface area contributed by atoms with Crippen LogP contribution in [0.15, 0.2) is 54.6 Å². The molecule has 4 aliphatic carbocycles. The third kappa shape index (κ3) is 2.04. The third-order valence-corrected chi connectivity index (χ3v) is 6.61. The van der Waals surface area contributed by atoms with Gasteiger partial charge in [-0.2, -0.15) is 0 Å². The van der Waals surface area contributed by atoms with Crippen molar-refractivity contribution < 1.29 is 0 Å². The van der Waals surface area contributed by atoms with E-state index in [-0.39, 0.29) is 0 Å². The molecule has 0 radical (unpaired) electrons. The van der Waals surface area contributed by atoms with E-state index in [9.17, 15) is 0 Å². The van der Waals surface area contributed by atoms with Gasteiger partial charge in [-0.3, -0.25) is 0 Å². The standard InChI is InChI=1S/C22H24/c1-2-5-17(6-3-1)18-7-4-8-19(14-18)22-20-10-15-9-16(12-20)13-21(22)11-15/h1-8,14-16,20-22H,9-13H2. The average Bonchev–Trinajstić information content (AvgIpc) is 2.55. The molecule has 6 rings (SSSR count). The van der Waals surface area contributed by atoms with Crippen LogP contribution in [-0.2, 0) is 0 Å². The van der Waals surface area contributed by atoms with Crippen LogP contribution in [0.25, 0.3) is 11.1 Å². The van der Waals surface area contributed by atoms with Gasteiger partial charge in [-0.1, -0.05) is 54.6 Å². The Balaban J connectivity index is 1.51. The van der Waals surface area contributed by atoms with Crippen molar-refractivity contribution in [2.45, 2.75) is 38.0 Å². The first-order valence-electron chi connectivity index (χ1n) is 9.02. The molecule has 2 aromatic carbocycles. The van der Waals surface area contributed by atoms with Gasteiger partial charge in [0.15, 0.2) is 0 Å². The van der Waals surface area contributed by atoms with Gasteiger partial charge in [0.25, 0.3) is 0 Å². The van der Waals surface area contributed by atoms with E-state index in [0.29, 0.717) is 0 Å². The fraction of sp³-hybridized carbons (Fsp3) is 0.455. The molecule has 0 nitrogen and oxygen atoms in total. The lowest BCUT2D eigenvalue weighted by molar-refractivity contribution is -0.00276. The molecule has 4 saturated carbocycles. The van der Waals surface area contributed by atoms with E-state index in [0.717, 1.165) is 29.6 Å². The third-order valence-electron chi connectivity index (χ3n) is 6.61. The monoisotopic (exact) mass is 288 g/mol. The maximum atomic E-state index is 2.49. The molecular formula is C22H24. The molecule has 0 spiro atoms. The van der Waals surface area contributed by atoms with Crippen LogP contribution >= 0.6 is 0 Å². The first-order chi connectivity index (χ1) is 10.9. The van der Waals surface area contributed by atoms with E-state index in [1.807, 2.05) is 0 Å². The Bertz CT molecular complexity index is 641. The van der Waals surface area contributed by atoms with Gasteiger partial charge in [-0.15, -0.1) is 0 Å². The summed E-state index contributed by atoms with van der Waals surface area (Å²) in [6, 6.07) is 20.3. The molecule has 0 heteroatoms. The van der Waals surface area contributed by atoms with Crippen LogP contribution in [-0.4, -0.2) is 0 Å². The van der Waals surface area contributed by atoms with Crippen LogP contribution in [0.5, 0.6) is 0 Å². The normalized spacial score (nSPS) is 35.7. The highest BCUT2D eigenvalue weighted by atomic mass is 14.5. The van der Waals surface area contributed by atoms with Gasteiger partial charge in [-0.25, -0.2) is 0 Å². The summed E-state index contributed by atoms with van der Waals surface area (Å²) in [5.74, 6) is 4.92. The summed E-state index contributed by atoms with van der Waals surface area (Å²) in [6.07, 6.45) is 7.57. The second-order valence-corrected chi connectivity index (χ2v) is 7.95. The Morgan fingerprint density at radius 1 is 0.591 bits per heavy atom.